The van der Waals surface area contributed by atoms with Crippen molar-refractivity contribution in [3.63, 3.8) is 0 Å². The maximum Gasteiger partial charge on any atom is 0.224 e. The van der Waals surface area contributed by atoms with Gasteiger partial charge in [-0.2, -0.15) is 4.52 Å². The third-order valence-corrected chi connectivity index (χ3v) is 4.55. The van der Waals surface area contributed by atoms with Gasteiger partial charge < -0.3 is 10.6 Å². The molecule has 0 bridgehead atoms. The molecule has 0 aliphatic rings. The lowest BCUT2D eigenvalue weighted by atomic mass is 10.2. The third-order valence-electron chi connectivity index (χ3n) is 4.55. The van der Waals surface area contributed by atoms with Crippen LogP contribution in [0.4, 0.5) is 11.5 Å². The summed E-state index contributed by atoms with van der Waals surface area (Å²) >= 11 is 0. The maximum absolute atomic E-state index is 12.3. The Bertz CT molecular complexity index is 1110. The summed E-state index contributed by atoms with van der Waals surface area (Å²) in [5.41, 5.74) is 3.77. The Balaban J connectivity index is 1.39. The van der Waals surface area contributed by atoms with Crippen LogP contribution in [0.3, 0.4) is 0 Å². The highest BCUT2D eigenvalue weighted by molar-refractivity contribution is 5.90. The van der Waals surface area contributed by atoms with Gasteiger partial charge in [0.25, 0.3) is 0 Å². The second-order valence-corrected chi connectivity index (χ2v) is 6.86. The van der Waals surface area contributed by atoms with Gasteiger partial charge >= 0.3 is 0 Å². The van der Waals surface area contributed by atoms with Gasteiger partial charge in [0.05, 0.1) is 0 Å². The van der Waals surface area contributed by atoms with Crippen LogP contribution in [0, 0.1) is 6.92 Å². The Morgan fingerprint density at radius 1 is 0.966 bits per heavy atom. The molecule has 0 aliphatic carbocycles. The first kappa shape index (κ1) is 18.6. The van der Waals surface area contributed by atoms with E-state index in [9.17, 15) is 4.79 Å². The second kappa shape index (κ2) is 8.52. The van der Waals surface area contributed by atoms with E-state index < -0.39 is 0 Å². The van der Waals surface area contributed by atoms with E-state index in [2.05, 4.69) is 38.1 Å². The number of nitrogens with one attached hydrogen (secondary N) is 2. The van der Waals surface area contributed by atoms with Gasteiger partial charge in [-0.05, 0) is 36.8 Å². The van der Waals surface area contributed by atoms with E-state index in [-0.39, 0.29) is 5.91 Å². The van der Waals surface area contributed by atoms with Crippen LogP contribution >= 0.6 is 0 Å². The van der Waals surface area contributed by atoms with Crippen LogP contribution in [0.1, 0.15) is 23.4 Å². The topological polar surface area (TPSA) is 84.2 Å². The molecule has 29 heavy (non-hydrogen) atoms. The number of benzene rings is 2. The fourth-order valence-corrected chi connectivity index (χ4v) is 2.96. The van der Waals surface area contributed by atoms with Crippen LogP contribution in [0.5, 0.6) is 0 Å². The molecule has 0 saturated heterocycles. The molecule has 2 aromatic carbocycles. The lowest BCUT2D eigenvalue weighted by molar-refractivity contribution is -0.116. The molecular formula is C22H22N6O. The standard InChI is InChI=1S/C22H22N6O/c1-16-7-9-18(10-8-16)24-22(29)14-13-21-26-25-20-12-11-19(27-28(20)21)23-15-17-5-3-2-4-6-17/h2-12H,13-15H2,1H3,(H,23,27)(H,24,29). The van der Waals surface area contributed by atoms with Crippen LogP contribution in [0.25, 0.3) is 5.65 Å². The molecule has 1 amide bonds. The van der Waals surface area contributed by atoms with Crippen LogP contribution in [-0.2, 0) is 17.8 Å². The monoisotopic (exact) mass is 386 g/mol. The van der Waals surface area contributed by atoms with Crippen molar-refractivity contribution in [1.29, 1.82) is 0 Å². The Labute approximate surface area is 168 Å². The van der Waals surface area contributed by atoms with Gasteiger partial charge in [-0.3, -0.25) is 4.79 Å². The summed E-state index contributed by atoms with van der Waals surface area (Å²) < 4.78 is 1.69. The van der Waals surface area contributed by atoms with Gasteiger partial charge in [-0.1, -0.05) is 48.0 Å². The van der Waals surface area contributed by atoms with E-state index in [1.807, 2.05) is 61.5 Å². The largest absolute Gasteiger partial charge is 0.365 e. The summed E-state index contributed by atoms with van der Waals surface area (Å²) in [7, 11) is 0. The smallest absolute Gasteiger partial charge is 0.224 e. The summed E-state index contributed by atoms with van der Waals surface area (Å²) in [6, 6.07) is 21.6. The fraction of sp³-hybridized carbons (Fsp3) is 0.182. The van der Waals surface area contributed by atoms with Crippen molar-refractivity contribution in [3.05, 3.63) is 83.7 Å². The zero-order chi connectivity index (χ0) is 20.1. The third kappa shape index (κ3) is 4.76. The molecule has 4 rings (SSSR count). The van der Waals surface area contributed by atoms with Gasteiger partial charge in [-0.15, -0.1) is 15.3 Å². The van der Waals surface area contributed by atoms with E-state index in [1.165, 1.54) is 5.56 Å². The zero-order valence-corrected chi connectivity index (χ0v) is 16.2. The van der Waals surface area contributed by atoms with Gasteiger partial charge in [0.1, 0.15) is 5.82 Å². The minimum Gasteiger partial charge on any atom is -0.365 e. The summed E-state index contributed by atoms with van der Waals surface area (Å²) in [4.78, 5) is 12.3. The average molecular weight is 386 g/mol. The molecule has 0 unspecified atom stereocenters. The Morgan fingerprint density at radius 3 is 2.55 bits per heavy atom. The number of hydrogen-bond donors (Lipinski definition) is 2. The van der Waals surface area contributed by atoms with E-state index in [0.717, 1.165) is 17.1 Å². The molecule has 0 saturated carbocycles. The predicted molar refractivity (Wildman–Crippen MR) is 113 cm³/mol. The molecule has 0 atom stereocenters. The molecular weight excluding hydrogens is 364 g/mol. The maximum atomic E-state index is 12.3. The number of fused-ring (bicyclic) bond motifs is 1. The first-order chi connectivity index (χ1) is 14.2. The summed E-state index contributed by atoms with van der Waals surface area (Å²) in [5.74, 6) is 1.32. The highest BCUT2D eigenvalue weighted by atomic mass is 16.1. The molecule has 4 aromatic rings. The van der Waals surface area contributed by atoms with Gasteiger partial charge in [-0.25, -0.2) is 0 Å². The number of aromatic nitrogens is 4. The molecule has 2 N–H and O–H groups in total. The molecule has 7 nitrogen and oxygen atoms in total. The zero-order valence-electron chi connectivity index (χ0n) is 16.2. The van der Waals surface area contributed by atoms with Gasteiger partial charge in [0, 0.05) is 25.1 Å². The predicted octanol–water partition coefficient (Wildman–Crippen LogP) is 3.62. The van der Waals surface area contributed by atoms with Crippen LogP contribution in [-0.4, -0.2) is 25.7 Å². The molecule has 2 heterocycles. The summed E-state index contributed by atoms with van der Waals surface area (Å²) in [5, 5.41) is 19.1. The molecule has 0 fully saturated rings. The van der Waals surface area contributed by atoms with E-state index in [0.29, 0.717) is 30.9 Å². The first-order valence-corrected chi connectivity index (χ1v) is 9.53. The van der Waals surface area contributed by atoms with Crippen molar-refractivity contribution in [2.45, 2.75) is 26.3 Å². The summed E-state index contributed by atoms with van der Waals surface area (Å²) in [6.45, 7) is 2.69. The molecule has 2 aromatic heterocycles. The Morgan fingerprint density at radius 2 is 1.76 bits per heavy atom. The van der Waals surface area contributed by atoms with Gasteiger partial charge in [0.2, 0.25) is 5.91 Å². The van der Waals surface area contributed by atoms with Crippen molar-refractivity contribution >= 4 is 23.1 Å². The SMILES string of the molecule is Cc1ccc(NC(=O)CCc2nnc3ccc(NCc4ccccc4)nn23)cc1. The number of amides is 1. The number of anilines is 2. The van der Waals surface area contributed by atoms with Crippen molar-refractivity contribution < 1.29 is 4.79 Å². The minimum atomic E-state index is -0.0658. The van der Waals surface area contributed by atoms with Crippen molar-refractivity contribution in [1.82, 2.24) is 19.8 Å². The van der Waals surface area contributed by atoms with Crippen molar-refractivity contribution in [2.24, 2.45) is 0 Å². The molecule has 146 valence electrons. The second-order valence-electron chi connectivity index (χ2n) is 6.86. The average Bonchev–Trinajstić information content (AvgIpc) is 3.15. The number of aryl methyl sites for hydroxylation is 2. The Kier molecular flexibility index (Phi) is 5.47. The highest BCUT2D eigenvalue weighted by Gasteiger charge is 2.10. The number of rotatable bonds is 7. The number of carbonyl (C=O) groups excluding carboxylic acids is 1. The van der Waals surface area contributed by atoms with Crippen molar-refractivity contribution in [2.75, 3.05) is 10.6 Å². The Hall–Kier alpha value is -3.74. The molecule has 7 heteroatoms. The van der Waals surface area contributed by atoms with E-state index in [4.69, 9.17) is 0 Å². The van der Waals surface area contributed by atoms with Crippen LogP contribution < -0.4 is 10.6 Å². The fourth-order valence-electron chi connectivity index (χ4n) is 2.96. The van der Waals surface area contributed by atoms with E-state index >= 15 is 0 Å². The highest BCUT2D eigenvalue weighted by Crippen LogP contribution is 2.12. The molecule has 0 radical (unpaired) electrons. The van der Waals surface area contributed by atoms with Crippen LogP contribution in [0.2, 0.25) is 0 Å². The normalized spacial score (nSPS) is 10.8. The molecule has 0 aliphatic heterocycles. The lowest BCUT2D eigenvalue weighted by Crippen LogP contribution is -2.13. The number of hydrogen-bond acceptors (Lipinski definition) is 5. The first-order valence-electron chi connectivity index (χ1n) is 9.53. The summed E-state index contributed by atoms with van der Waals surface area (Å²) in [6.07, 6.45) is 0.756. The van der Waals surface area contributed by atoms with Crippen LogP contribution in [0.15, 0.2) is 66.7 Å². The van der Waals surface area contributed by atoms with E-state index in [1.54, 1.807) is 4.52 Å². The number of nitrogens with zero attached hydrogens (tertiary/aromatic N) is 4. The van der Waals surface area contributed by atoms with Crippen molar-refractivity contribution in [3.8, 4) is 0 Å². The number of carbonyl (C=O) groups is 1. The van der Waals surface area contributed by atoms with Gasteiger partial charge in [0.15, 0.2) is 11.5 Å². The minimum absolute atomic E-state index is 0.0658. The quantitative estimate of drug-likeness (QED) is 0.507. The molecule has 0 spiro atoms. The lowest BCUT2D eigenvalue weighted by Gasteiger charge is -2.07.